The minimum Gasteiger partial charge on any atom is -0.301 e. The number of benzene rings is 1. The fourth-order valence-electron chi connectivity index (χ4n) is 1.80. The Morgan fingerprint density at radius 1 is 1.26 bits per heavy atom. The molecule has 7 heteroatoms. The van der Waals surface area contributed by atoms with E-state index in [4.69, 9.17) is 11.6 Å². The van der Waals surface area contributed by atoms with Crippen LogP contribution in [0.15, 0.2) is 29.2 Å². The van der Waals surface area contributed by atoms with E-state index in [0.717, 1.165) is 21.3 Å². The molecule has 1 amide bonds. The summed E-state index contributed by atoms with van der Waals surface area (Å²) < 4.78 is 0. The van der Waals surface area contributed by atoms with E-state index in [9.17, 15) is 4.79 Å². The van der Waals surface area contributed by atoms with Gasteiger partial charge >= 0.3 is 0 Å². The normalized spacial score (nSPS) is 11.5. The predicted octanol–water partition coefficient (Wildman–Crippen LogP) is 4.90. The van der Waals surface area contributed by atoms with Crippen molar-refractivity contribution in [3.8, 4) is 0 Å². The van der Waals surface area contributed by atoms with Gasteiger partial charge in [0.1, 0.15) is 5.01 Å². The fraction of sp³-hybridized carbons (Fsp3) is 0.438. The number of carbonyl (C=O) groups is 1. The number of thioether (sulfide) groups is 1. The van der Waals surface area contributed by atoms with Gasteiger partial charge in [0, 0.05) is 28.5 Å². The Hall–Kier alpha value is -1.11. The van der Waals surface area contributed by atoms with Crippen molar-refractivity contribution in [1.29, 1.82) is 0 Å². The van der Waals surface area contributed by atoms with Crippen molar-refractivity contribution in [2.75, 3.05) is 11.1 Å². The Balaban J connectivity index is 1.75. The summed E-state index contributed by atoms with van der Waals surface area (Å²) in [5, 5.41) is 13.2. The molecule has 23 heavy (non-hydrogen) atoms. The first-order valence-corrected chi connectivity index (χ1v) is 9.50. The number of hydrogen-bond acceptors (Lipinski definition) is 5. The molecular formula is C16H20ClN3OS2. The fourth-order valence-corrected chi connectivity index (χ4v) is 3.84. The number of anilines is 1. The molecule has 0 spiro atoms. The third-order valence-electron chi connectivity index (χ3n) is 2.81. The molecule has 2 aromatic rings. The highest BCUT2D eigenvalue weighted by Gasteiger charge is 2.15. The van der Waals surface area contributed by atoms with Crippen LogP contribution in [-0.2, 0) is 11.2 Å². The van der Waals surface area contributed by atoms with Gasteiger partial charge in [0.05, 0.1) is 0 Å². The second kappa shape index (κ2) is 8.13. The minimum absolute atomic E-state index is 0.0371. The van der Waals surface area contributed by atoms with Crippen LogP contribution in [0.2, 0.25) is 5.02 Å². The molecule has 1 N–H and O–H groups in total. The van der Waals surface area contributed by atoms with Gasteiger partial charge < -0.3 is 5.32 Å². The standard InChI is InChI=1S/C16H20ClN3OS2/c1-16(2,3)10-14-19-20-15(23-14)18-13(21)8-9-22-12-6-4-11(17)5-7-12/h4-7H,8-10H2,1-3H3,(H,18,20,21). The summed E-state index contributed by atoms with van der Waals surface area (Å²) in [5.41, 5.74) is 0.163. The molecule has 124 valence electrons. The van der Waals surface area contributed by atoms with E-state index in [1.165, 1.54) is 11.3 Å². The number of nitrogens with zero attached hydrogens (tertiary/aromatic N) is 2. The van der Waals surface area contributed by atoms with Crippen molar-refractivity contribution < 1.29 is 4.79 Å². The third kappa shape index (κ3) is 6.89. The van der Waals surface area contributed by atoms with Gasteiger partial charge in [0.2, 0.25) is 11.0 Å². The molecule has 0 aliphatic heterocycles. The highest BCUT2D eigenvalue weighted by Crippen LogP contribution is 2.25. The van der Waals surface area contributed by atoms with Gasteiger partial charge in [-0.1, -0.05) is 43.7 Å². The third-order valence-corrected chi connectivity index (χ3v) is 4.91. The number of nitrogens with one attached hydrogen (secondary N) is 1. The quantitative estimate of drug-likeness (QED) is 0.735. The van der Waals surface area contributed by atoms with E-state index in [1.807, 2.05) is 24.3 Å². The average molecular weight is 370 g/mol. The first kappa shape index (κ1) is 18.2. The summed E-state index contributed by atoms with van der Waals surface area (Å²) in [5.74, 6) is 0.672. The number of aromatic nitrogens is 2. The van der Waals surface area contributed by atoms with Crippen molar-refractivity contribution in [2.45, 2.75) is 38.5 Å². The number of rotatable bonds is 6. The van der Waals surface area contributed by atoms with Crippen LogP contribution in [0.25, 0.3) is 0 Å². The molecule has 0 aliphatic rings. The lowest BCUT2D eigenvalue weighted by Crippen LogP contribution is -2.11. The Labute approximate surface area is 150 Å². The molecule has 0 atom stereocenters. The van der Waals surface area contributed by atoms with Gasteiger partial charge in [-0.3, -0.25) is 4.79 Å². The number of amides is 1. The SMILES string of the molecule is CC(C)(C)Cc1nnc(NC(=O)CCSc2ccc(Cl)cc2)s1. The van der Waals surface area contributed by atoms with Crippen LogP contribution in [0.5, 0.6) is 0 Å². The van der Waals surface area contributed by atoms with E-state index in [0.29, 0.717) is 17.3 Å². The molecule has 1 heterocycles. The smallest absolute Gasteiger partial charge is 0.227 e. The van der Waals surface area contributed by atoms with Crippen molar-refractivity contribution >= 4 is 45.7 Å². The molecule has 0 bridgehead atoms. The lowest BCUT2D eigenvalue weighted by molar-refractivity contribution is -0.115. The van der Waals surface area contributed by atoms with Gasteiger partial charge in [-0.2, -0.15) is 0 Å². The van der Waals surface area contributed by atoms with Crippen molar-refractivity contribution in [3.05, 3.63) is 34.3 Å². The highest BCUT2D eigenvalue weighted by molar-refractivity contribution is 7.99. The molecule has 0 unspecified atom stereocenters. The summed E-state index contributed by atoms with van der Waals surface area (Å²) in [4.78, 5) is 13.0. The van der Waals surface area contributed by atoms with Gasteiger partial charge in [-0.05, 0) is 29.7 Å². The average Bonchev–Trinajstić information content (AvgIpc) is 2.86. The van der Waals surface area contributed by atoms with Crippen molar-refractivity contribution in [3.63, 3.8) is 0 Å². The lowest BCUT2D eigenvalue weighted by Gasteiger charge is -2.14. The van der Waals surface area contributed by atoms with Crippen molar-refractivity contribution in [2.24, 2.45) is 5.41 Å². The molecule has 4 nitrogen and oxygen atoms in total. The first-order valence-electron chi connectivity index (χ1n) is 7.32. The van der Waals surface area contributed by atoms with E-state index >= 15 is 0 Å². The van der Waals surface area contributed by atoms with Crippen LogP contribution in [-0.4, -0.2) is 21.9 Å². The Morgan fingerprint density at radius 3 is 2.61 bits per heavy atom. The van der Waals surface area contributed by atoms with Crippen LogP contribution in [0.1, 0.15) is 32.2 Å². The molecule has 0 fully saturated rings. The largest absolute Gasteiger partial charge is 0.301 e. The molecule has 1 aromatic heterocycles. The Morgan fingerprint density at radius 2 is 1.96 bits per heavy atom. The Kier molecular flexibility index (Phi) is 6.44. The van der Waals surface area contributed by atoms with E-state index in [2.05, 4.69) is 36.3 Å². The molecule has 1 aromatic carbocycles. The summed E-state index contributed by atoms with van der Waals surface area (Å²) in [6, 6.07) is 7.60. The van der Waals surface area contributed by atoms with Crippen LogP contribution in [0.4, 0.5) is 5.13 Å². The van der Waals surface area contributed by atoms with Crippen LogP contribution < -0.4 is 5.32 Å². The monoisotopic (exact) mass is 369 g/mol. The molecule has 0 saturated heterocycles. The van der Waals surface area contributed by atoms with Crippen LogP contribution in [0.3, 0.4) is 0 Å². The van der Waals surface area contributed by atoms with Crippen LogP contribution >= 0.6 is 34.7 Å². The van der Waals surface area contributed by atoms with Gasteiger partial charge in [0.25, 0.3) is 0 Å². The number of hydrogen-bond donors (Lipinski definition) is 1. The molecule has 0 saturated carbocycles. The maximum atomic E-state index is 11.9. The van der Waals surface area contributed by atoms with Crippen molar-refractivity contribution in [1.82, 2.24) is 10.2 Å². The Bertz CT molecular complexity index is 650. The summed E-state index contributed by atoms with van der Waals surface area (Å²) >= 11 is 8.92. The zero-order valence-electron chi connectivity index (χ0n) is 13.4. The van der Waals surface area contributed by atoms with Crippen LogP contribution in [0, 0.1) is 5.41 Å². The van der Waals surface area contributed by atoms with E-state index in [-0.39, 0.29) is 11.3 Å². The molecule has 0 radical (unpaired) electrons. The zero-order chi connectivity index (χ0) is 16.9. The predicted molar refractivity (Wildman–Crippen MR) is 98.5 cm³/mol. The second-order valence-corrected chi connectivity index (χ2v) is 9.01. The number of halogens is 1. The zero-order valence-corrected chi connectivity index (χ0v) is 15.8. The molecular weight excluding hydrogens is 350 g/mol. The van der Waals surface area contributed by atoms with Gasteiger partial charge in [-0.15, -0.1) is 22.0 Å². The second-order valence-electron chi connectivity index (χ2n) is 6.34. The summed E-state index contributed by atoms with van der Waals surface area (Å²) in [6.07, 6.45) is 1.29. The topological polar surface area (TPSA) is 54.9 Å². The van der Waals surface area contributed by atoms with E-state index in [1.54, 1.807) is 11.8 Å². The first-order chi connectivity index (χ1) is 10.8. The highest BCUT2D eigenvalue weighted by atomic mass is 35.5. The molecule has 0 aliphatic carbocycles. The minimum atomic E-state index is -0.0371. The van der Waals surface area contributed by atoms with Gasteiger partial charge in [0.15, 0.2) is 0 Å². The number of carbonyl (C=O) groups excluding carboxylic acids is 1. The summed E-state index contributed by atoms with van der Waals surface area (Å²) in [7, 11) is 0. The lowest BCUT2D eigenvalue weighted by atomic mass is 9.93. The maximum Gasteiger partial charge on any atom is 0.227 e. The van der Waals surface area contributed by atoms with E-state index < -0.39 is 0 Å². The van der Waals surface area contributed by atoms with Gasteiger partial charge in [-0.25, -0.2) is 0 Å². The molecule has 2 rings (SSSR count). The summed E-state index contributed by atoms with van der Waals surface area (Å²) in [6.45, 7) is 6.46. The maximum absolute atomic E-state index is 11.9.